The summed E-state index contributed by atoms with van der Waals surface area (Å²) in [5.41, 5.74) is 7.53. The molecule has 2 unspecified atom stereocenters. The Labute approximate surface area is 102 Å². The average molecular weight is 295 g/mol. The van der Waals surface area contributed by atoms with Crippen LogP contribution in [0.2, 0.25) is 5.02 Å². The molecule has 0 heterocycles. The smallest absolute Gasteiger partial charge is 0.106 e. The molecule has 3 nitrogen and oxygen atoms in total. The summed E-state index contributed by atoms with van der Waals surface area (Å²) in [6.07, 6.45) is -1.81. The Morgan fingerprint density at radius 2 is 2.07 bits per heavy atom. The quantitative estimate of drug-likeness (QED) is 0.590. The molecule has 0 radical (unpaired) electrons. The minimum Gasteiger partial charge on any atom is -0.397 e. The van der Waals surface area contributed by atoms with Gasteiger partial charge in [0.05, 0.1) is 16.8 Å². The van der Waals surface area contributed by atoms with Crippen LogP contribution in [-0.4, -0.2) is 21.6 Å². The van der Waals surface area contributed by atoms with Crippen molar-refractivity contribution in [3.63, 3.8) is 0 Å². The molecule has 0 aliphatic carbocycles. The molecule has 0 spiro atoms. The molecule has 4 N–H and O–H groups in total. The second-order valence-electron chi connectivity index (χ2n) is 3.40. The van der Waals surface area contributed by atoms with Crippen LogP contribution in [0.3, 0.4) is 0 Å². The van der Waals surface area contributed by atoms with Crippen LogP contribution >= 0.6 is 27.5 Å². The highest BCUT2D eigenvalue weighted by molar-refractivity contribution is 9.09. The monoisotopic (exact) mass is 293 g/mol. The van der Waals surface area contributed by atoms with E-state index >= 15 is 0 Å². The molecule has 0 saturated carbocycles. The normalized spacial score (nSPS) is 15.0. The van der Waals surface area contributed by atoms with Gasteiger partial charge in [0.2, 0.25) is 0 Å². The van der Waals surface area contributed by atoms with Gasteiger partial charge in [-0.05, 0) is 24.1 Å². The lowest BCUT2D eigenvalue weighted by Gasteiger charge is -2.17. The number of anilines is 1. The Balaban J connectivity index is 3.06. The van der Waals surface area contributed by atoms with E-state index in [1.807, 2.05) is 0 Å². The SMILES string of the molecule is Cc1cc(C(O)C(O)CBr)cc(Cl)c1N. The molecule has 1 rings (SSSR count). The fourth-order valence-corrected chi connectivity index (χ4v) is 1.89. The minimum absolute atomic E-state index is 0.301. The molecule has 0 bridgehead atoms. The molecular weight excluding hydrogens is 281 g/mol. The van der Waals surface area contributed by atoms with Crippen LogP contribution in [0.5, 0.6) is 0 Å². The molecule has 0 fully saturated rings. The van der Waals surface area contributed by atoms with Crippen LogP contribution in [0.15, 0.2) is 12.1 Å². The average Bonchev–Trinajstić information content (AvgIpc) is 2.23. The zero-order chi connectivity index (χ0) is 11.6. The van der Waals surface area contributed by atoms with Gasteiger partial charge in [-0.2, -0.15) is 0 Å². The number of aliphatic hydroxyl groups is 2. The first kappa shape index (κ1) is 12.8. The van der Waals surface area contributed by atoms with Crippen molar-refractivity contribution in [1.82, 2.24) is 0 Å². The zero-order valence-corrected chi connectivity index (χ0v) is 10.6. The maximum absolute atomic E-state index is 9.75. The van der Waals surface area contributed by atoms with Gasteiger partial charge in [0.1, 0.15) is 6.10 Å². The molecule has 0 saturated heterocycles. The molecule has 0 aliphatic heterocycles. The van der Waals surface area contributed by atoms with Gasteiger partial charge in [-0.25, -0.2) is 0 Å². The summed E-state index contributed by atoms with van der Waals surface area (Å²) in [6, 6.07) is 3.29. The number of aliphatic hydroxyl groups excluding tert-OH is 2. The van der Waals surface area contributed by atoms with Crippen LogP contribution in [0.4, 0.5) is 5.69 Å². The number of nitrogens with two attached hydrogens (primary N) is 1. The predicted molar refractivity (Wildman–Crippen MR) is 65.4 cm³/mol. The standard InChI is InChI=1S/C10H13BrClNO2/c1-5-2-6(3-7(12)9(5)13)10(15)8(14)4-11/h2-3,8,10,14-15H,4,13H2,1H3. The van der Waals surface area contributed by atoms with Gasteiger partial charge >= 0.3 is 0 Å². The number of halogens is 2. The summed E-state index contributed by atoms with van der Waals surface area (Å²) >= 11 is 8.98. The summed E-state index contributed by atoms with van der Waals surface area (Å²) in [7, 11) is 0. The summed E-state index contributed by atoms with van der Waals surface area (Å²) in [6.45, 7) is 1.80. The van der Waals surface area contributed by atoms with Crippen molar-refractivity contribution in [3.05, 3.63) is 28.3 Å². The second kappa shape index (κ2) is 5.16. The van der Waals surface area contributed by atoms with E-state index in [-0.39, 0.29) is 0 Å². The maximum Gasteiger partial charge on any atom is 0.106 e. The maximum atomic E-state index is 9.75. The van der Waals surface area contributed by atoms with Crippen molar-refractivity contribution in [1.29, 1.82) is 0 Å². The van der Waals surface area contributed by atoms with Gasteiger partial charge in [-0.15, -0.1) is 0 Å². The van der Waals surface area contributed by atoms with E-state index in [2.05, 4.69) is 15.9 Å². The van der Waals surface area contributed by atoms with E-state index in [1.165, 1.54) is 0 Å². The fourth-order valence-electron chi connectivity index (χ4n) is 1.26. The number of hydrogen-bond donors (Lipinski definition) is 3. The third-order valence-corrected chi connectivity index (χ3v) is 3.20. The molecule has 1 aromatic rings. The van der Waals surface area contributed by atoms with Crippen molar-refractivity contribution >= 4 is 33.2 Å². The predicted octanol–water partition coefficient (Wildman–Crippen LogP) is 2.02. The number of nitrogen functional groups attached to an aromatic ring is 1. The minimum atomic E-state index is -0.957. The van der Waals surface area contributed by atoms with Crippen LogP contribution < -0.4 is 5.73 Å². The summed E-state index contributed by atoms with van der Waals surface area (Å²) < 4.78 is 0. The van der Waals surface area contributed by atoms with E-state index in [4.69, 9.17) is 17.3 Å². The molecular formula is C10H13BrClNO2. The lowest BCUT2D eigenvalue weighted by molar-refractivity contribution is 0.0342. The summed E-state index contributed by atoms with van der Waals surface area (Å²) in [5.74, 6) is 0. The van der Waals surface area contributed by atoms with Gasteiger partial charge in [0.15, 0.2) is 0 Å². The highest BCUT2D eigenvalue weighted by atomic mass is 79.9. The first-order valence-electron chi connectivity index (χ1n) is 4.45. The summed E-state index contributed by atoms with van der Waals surface area (Å²) in [5, 5.41) is 19.9. The Bertz CT molecular complexity index is 336. The Hall–Kier alpha value is -0.290. The fraction of sp³-hybridized carbons (Fsp3) is 0.400. The molecule has 0 amide bonds. The van der Waals surface area contributed by atoms with Crippen LogP contribution in [0.1, 0.15) is 17.2 Å². The largest absolute Gasteiger partial charge is 0.397 e. The van der Waals surface area contributed by atoms with E-state index in [0.717, 1.165) is 5.56 Å². The van der Waals surface area contributed by atoms with E-state index in [9.17, 15) is 10.2 Å². The number of benzene rings is 1. The van der Waals surface area contributed by atoms with Crippen molar-refractivity contribution in [3.8, 4) is 0 Å². The number of rotatable bonds is 3. The molecule has 15 heavy (non-hydrogen) atoms. The Morgan fingerprint density at radius 1 is 1.47 bits per heavy atom. The van der Waals surface area contributed by atoms with Crippen molar-refractivity contribution in [2.75, 3.05) is 11.1 Å². The van der Waals surface area contributed by atoms with Gasteiger partial charge in [0.25, 0.3) is 0 Å². The number of alkyl halides is 1. The molecule has 5 heteroatoms. The van der Waals surface area contributed by atoms with E-state index < -0.39 is 12.2 Å². The first-order valence-corrected chi connectivity index (χ1v) is 5.95. The molecule has 1 aromatic carbocycles. The molecule has 0 aliphatic rings. The topological polar surface area (TPSA) is 66.5 Å². The van der Waals surface area contributed by atoms with Gasteiger partial charge in [0, 0.05) is 5.33 Å². The van der Waals surface area contributed by atoms with Gasteiger partial charge in [-0.3, -0.25) is 0 Å². The van der Waals surface area contributed by atoms with Crippen LogP contribution in [-0.2, 0) is 0 Å². The lowest BCUT2D eigenvalue weighted by atomic mass is 10.0. The molecule has 2 atom stereocenters. The van der Waals surface area contributed by atoms with E-state index in [0.29, 0.717) is 21.6 Å². The third-order valence-electron chi connectivity index (χ3n) is 2.22. The van der Waals surface area contributed by atoms with Crippen molar-refractivity contribution in [2.24, 2.45) is 0 Å². The number of hydrogen-bond acceptors (Lipinski definition) is 3. The third kappa shape index (κ3) is 2.84. The summed E-state index contributed by atoms with van der Waals surface area (Å²) in [4.78, 5) is 0. The molecule has 84 valence electrons. The molecule has 0 aromatic heterocycles. The Morgan fingerprint density at radius 3 is 2.53 bits per heavy atom. The van der Waals surface area contributed by atoms with Crippen molar-refractivity contribution < 1.29 is 10.2 Å². The first-order chi connectivity index (χ1) is 6.97. The van der Waals surface area contributed by atoms with Gasteiger partial charge < -0.3 is 15.9 Å². The van der Waals surface area contributed by atoms with E-state index in [1.54, 1.807) is 19.1 Å². The van der Waals surface area contributed by atoms with Crippen molar-refractivity contribution in [2.45, 2.75) is 19.1 Å². The van der Waals surface area contributed by atoms with Crippen LogP contribution in [0, 0.1) is 6.92 Å². The highest BCUT2D eigenvalue weighted by Crippen LogP contribution is 2.28. The highest BCUT2D eigenvalue weighted by Gasteiger charge is 2.18. The second-order valence-corrected chi connectivity index (χ2v) is 4.45. The zero-order valence-electron chi connectivity index (χ0n) is 8.24. The van der Waals surface area contributed by atoms with Gasteiger partial charge in [-0.1, -0.05) is 33.6 Å². The lowest BCUT2D eigenvalue weighted by Crippen LogP contribution is -2.19. The van der Waals surface area contributed by atoms with Crippen LogP contribution in [0.25, 0.3) is 0 Å². The number of aryl methyl sites for hydroxylation is 1. The Kier molecular flexibility index (Phi) is 4.40.